The molecule has 0 atom stereocenters. The zero-order chi connectivity index (χ0) is 11.5. The molecule has 3 heteroatoms. The summed E-state index contributed by atoms with van der Waals surface area (Å²) < 4.78 is 0. The van der Waals surface area contributed by atoms with E-state index in [0.29, 0.717) is 12.3 Å². The lowest BCUT2D eigenvalue weighted by Gasteiger charge is -2.21. The molecule has 0 unspecified atom stereocenters. The predicted octanol–water partition coefficient (Wildman–Crippen LogP) is 2.80. The Hall–Kier alpha value is -0.670. The van der Waals surface area contributed by atoms with Crippen LogP contribution >= 0.6 is 11.3 Å². The molecule has 2 nitrogen and oxygen atoms in total. The van der Waals surface area contributed by atoms with Crippen molar-refractivity contribution in [2.24, 2.45) is 5.41 Å². The van der Waals surface area contributed by atoms with Gasteiger partial charge in [-0.15, -0.1) is 11.3 Å². The Kier molecular flexibility index (Phi) is 4.05. The fourth-order valence-electron chi connectivity index (χ4n) is 1.21. The summed E-state index contributed by atoms with van der Waals surface area (Å²) in [5.41, 5.74) is -0.232. The summed E-state index contributed by atoms with van der Waals surface area (Å²) in [6, 6.07) is 4.14. The molecule has 0 N–H and O–H groups in total. The molecule has 0 saturated heterocycles. The summed E-state index contributed by atoms with van der Waals surface area (Å²) in [4.78, 5) is 15.1. The molecule has 15 heavy (non-hydrogen) atoms. The van der Waals surface area contributed by atoms with Gasteiger partial charge in [0.05, 0.1) is 6.54 Å². The van der Waals surface area contributed by atoms with Gasteiger partial charge in [-0.3, -0.25) is 9.69 Å². The number of nitrogens with zero attached hydrogens (tertiary/aromatic N) is 1. The van der Waals surface area contributed by atoms with Crippen molar-refractivity contribution < 1.29 is 4.79 Å². The fourth-order valence-corrected chi connectivity index (χ4v) is 1.99. The third kappa shape index (κ3) is 4.14. The first-order chi connectivity index (χ1) is 6.89. The van der Waals surface area contributed by atoms with Crippen LogP contribution in [0.25, 0.3) is 0 Å². The second-order valence-electron chi connectivity index (χ2n) is 4.92. The van der Waals surface area contributed by atoms with Crippen molar-refractivity contribution in [3.8, 4) is 0 Å². The molecule has 0 radical (unpaired) electrons. The first kappa shape index (κ1) is 12.4. The summed E-state index contributed by atoms with van der Waals surface area (Å²) in [5.74, 6) is 0.293. The first-order valence-corrected chi connectivity index (χ1v) is 6.02. The van der Waals surface area contributed by atoms with E-state index in [9.17, 15) is 4.79 Å². The van der Waals surface area contributed by atoms with Crippen molar-refractivity contribution in [3.05, 3.63) is 22.4 Å². The van der Waals surface area contributed by atoms with Crippen LogP contribution in [0.1, 0.15) is 25.6 Å². The third-order valence-electron chi connectivity index (χ3n) is 2.26. The number of carbonyl (C=O) groups is 1. The van der Waals surface area contributed by atoms with Crippen LogP contribution in [0.3, 0.4) is 0 Å². The van der Waals surface area contributed by atoms with Crippen molar-refractivity contribution in [2.75, 3.05) is 13.6 Å². The number of ketones is 1. The Labute approximate surface area is 95.9 Å². The lowest BCUT2D eigenvalue weighted by Crippen LogP contribution is -2.33. The van der Waals surface area contributed by atoms with E-state index in [1.165, 1.54) is 4.88 Å². The second kappa shape index (κ2) is 4.90. The van der Waals surface area contributed by atoms with Crippen LogP contribution in [-0.4, -0.2) is 24.3 Å². The fraction of sp³-hybridized carbons (Fsp3) is 0.583. The molecular formula is C12H19NOS. The molecular weight excluding hydrogens is 206 g/mol. The van der Waals surface area contributed by atoms with Gasteiger partial charge in [0, 0.05) is 16.8 Å². The molecule has 0 spiro atoms. The van der Waals surface area contributed by atoms with E-state index in [2.05, 4.69) is 16.3 Å². The van der Waals surface area contributed by atoms with Crippen LogP contribution in [0.2, 0.25) is 0 Å². The van der Waals surface area contributed by atoms with E-state index in [-0.39, 0.29) is 5.41 Å². The second-order valence-corrected chi connectivity index (χ2v) is 5.96. The van der Waals surface area contributed by atoms with Crippen molar-refractivity contribution in [3.63, 3.8) is 0 Å². The molecule has 84 valence electrons. The van der Waals surface area contributed by atoms with Crippen molar-refractivity contribution in [2.45, 2.75) is 27.3 Å². The molecule has 0 aliphatic carbocycles. The van der Waals surface area contributed by atoms with Gasteiger partial charge in [0.25, 0.3) is 0 Å². The average molecular weight is 225 g/mol. The van der Waals surface area contributed by atoms with Gasteiger partial charge in [-0.2, -0.15) is 0 Å². The quantitative estimate of drug-likeness (QED) is 0.785. The minimum absolute atomic E-state index is 0.232. The summed E-state index contributed by atoms with van der Waals surface area (Å²) in [6.45, 7) is 7.29. The van der Waals surface area contributed by atoms with Crippen LogP contribution in [0.15, 0.2) is 17.5 Å². The maximum absolute atomic E-state index is 11.8. The molecule has 0 bridgehead atoms. The van der Waals surface area contributed by atoms with Gasteiger partial charge in [-0.25, -0.2) is 0 Å². The Morgan fingerprint density at radius 3 is 2.60 bits per heavy atom. The SMILES string of the molecule is CN(CC(=O)C(C)(C)C)Cc1cccs1. The number of thiophene rings is 1. The highest BCUT2D eigenvalue weighted by atomic mass is 32.1. The molecule has 0 fully saturated rings. The number of Topliss-reactive ketones (excluding diaryl/α,β-unsaturated/α-hetero) is 1. The van der Waals surface area contributed by atoms with E-state index in [1.54, 1.807) is 11.3 Å². The summed E-state index contributed by atoms with van der Waals surface area (Å²) in [7, 11) is 1.99. The van der Waals surface area contributed by atoms with Gasteiger partial charge in [0.15, 0.2) is 5.78 Å². The van der Waals surface area contributed by atoms with Crippen molar-refractivity contribution >= 4 is 17.1 Å². The number of carbonyl (C=O) groups excluding carboxylic acids is 1. The third-order valence-corrected chi connectivity index (χ3v) is 3.12. The summed E-state index contributed by atoms with van der Waals surface area (Å²) in [6.07, 6.45) is 0. The molecule has 0 amide bonds. The minimum Gasteiger partial charge on any atom is -0.298 e. The maximum atomic E-state index is 11.8. The van der Waals surface area contributed by atoms with Gasteiger partial charge in [-0.1, -0.05) is 26.8 Å². The largest absolute Gasteiger partial charge is 0.298 e. The lowest BCUT2D eigenvalue weighted by atomic mass is 9.90. The Morgan fingerprint density at radius 1 is 1.47 bits per heavy atom. The number of hydrogen-bond donors (Lipinski definition) is 0. The predicted molar refractivity (Wildman–Crippen MR) is 65.1 cm³/mol. The van der Waals surface area contributed by atoms with Crippen LogP contribution in [0.5, 0.6) is 0 Å². The number of rotatable bonds is 4. The highest BCUT2D eigenvalue weighted by Crippen LogP contribution is 2.16. The average Bonchev–Trinajstić information content (AvgIpc) is 2.54. The lowest BCUT2D eigenvalue weighted by molar-refractivity contribution is -0.127. The van der Waals surface area contributed by atoms with Gasteiger partial charge < -0.3 is 0 Å². The van der Waals surface area contributed by atoms with Gasteiger partial charge in [0.2, 0.25) is 0 Å². The standard InChI is InChI=1S/C12H19NOS/c1-12(2,3)11(14)9-13(4)8-10-6-5-7-15-10/h5-7H,8-9H2,1-4H3. The number of hydrogen-bond acceptors (Lipinski definition) is 3. The van der Waals surface area contributed by atoms with E-state index in [0.717, 1.165) is 6.54 Å². The monoisotopic (exact) mass is 225 g/mol. The minimum atomic E-state index is -0.232. The van der Waals surface area contributed by atoms with Crippen LogP contribution in [-0.2, 0) is 11.3 Å². The van der Waals surface area contributed by atoms with Gasteiger partial charge >= 0.3 is 0 Å². The van der Waals surface area contributed by atoms with Crippen LogP contribution in [0.4, 0.5) is 0 Å². The first-order valence-electron chi connectivity index (χ1n) is 5.14. The highest BCUT2D eigenvalue weighted by molar-refractivity contribution is 7.09. The van der Waals surface area contributed by atoms with E-state index in [1.807, 2.05) is 33.9 Å². The molecule has 1 heterocycles. The molecule has 0 aliphatic heterocycles. The Bertz CT molecular complexity index is 311. The summed E-state index contributed by atoms with van der Waals surface area (Å²) >= 11 is 1.73. The zero-order valence-electron chi connectivity index (χ0n) is 9.91. The number of likely N-dealkylation sites (N-methyl/N-ethyl adjacent to an activating group) is 1. The van der Waals surface area contributed by atoms with Crippen molar-refractivity contribution in [1.29, 1.82) is 0 Å². The molecule has 0 aliphatic rings. The normalized spacial score (nSPS) is 12.1. The summed E-state index contributed by atoms with van der Waals surface area (Å²) in [5, 5.41) is 2.06. The molecule has 0 aromatic carbocycles. The van der Waals surface area contributed by atoms with Crippen molar-refractivity contribution in [1.82, 2.24) is 4.90 Å². The Morgan fingerprint density at radius 2 is 2.13 bits per heavy atom. The van der Waals surface area contributed by atoms with Crippen LogP contribution < -0.4 is 0 Å². The zero-order valence-corrected chi connectivity index (χ0v) is 10.7. The maximum Gasteiger partial charge on any atom is 0.152 e. The van der Waals surface area contributed by atoms with E-state index < -0.39 is 0 Å². The highest BCUT2D eigenvalue weighted by Gasteiger charge is 2.22. The van der Waals surface area contributed by atoms with E-state index in [4.69, 9.17) is 0 Å². The molecule has 1 aromatic heterocycles. The molecule has 1 rings (SSSR count). The smallest absolute Gasteiger partial charge is 0.152 e. The topological polar surface area (TPSA) is 20.3 Å². The van der Waals surface area contributed by atoms with E-state index >= 15 is 0 Å². The van der Waals surface area contributed by atoms with Gasteiger partial charge in [-0.05, 0) is 18.5 Å². The van der Waals surface area contributed by atoms with Crippen LogP contribution in [0, 0.1) is 5.41 Å². The Balaban J connectivity index is 2.43. The molecule has 1 aromatic rings. The van der Waals surface area contributed by atoms with Gasteiger partial charge in [0.1, 0.15) is 0 Å². The molecule has 0 saturated carbocycles.